The van der Waals surface area contributed by atoms with Crippen LogP contribution in [0.15, 0.2) is 41.3 Å². The van der Waals surface area contributed by atoms with Gasteiger partial charge >= 0.3 is 0 Å². The monoisotopic (exact) mass is 564 g/mol. The molecule has 0 saturated carbocycles. The number of ether oxygens (including phenoxy) is 4. The number of hydrogen-bond acceptors (Lipinski definition) is 10. The summed E-state index contributed by atoms with van der Waals surface area (Å²) in [4.78, 5) is 22.0. The van der Waals surface area contributed by atoms with Crippen molar-refractivity contribution in [1.82, 2.24) is 14.2 Å². The zero-order valence-electron chi connectivity index (χ0n) is 21.9. The van der Waals surface area contributed by atoms with Crippen molar-refractivity contribution in [2.24, 2.45) is 0 Å². The molecular weight excluding hydrogens is 532 g/mol. The molecule has 1 aromatic heterocycles. The second-order valence-electron chi connectivity index (χ2n) is 8.84. The molecule has 1 amide bonds. The van der Waals surface area contributed by atoms with Gasteiger partial charge in [0, 0.05) is 58.1 Å². The number of amides is 1. The Hall–Kier alpha value is -2.81. The Morgan fingerprint density at radius 1 is 0.974 bits per heavy atom. The van der Waals surface area contributed by atoms with E-state index in [2.05, 4.69) is 0 Å². The van der Waals surface area contributed by atoms with Crippen molar-refractivity contribution in [2.45, 2.75) is 4.90 Å². The second-order valence-corrected chi connectivity index (χ2v) is 11.8. The minimum Gasteiger partial charge on any atom is -0.454 e. The Kier molecular flexibility index (Phi) is 9.18. The van der Waals surface area contributed by atoms with E-state index in [9.17, 15) is 13.2 Å². The Balaban J connectivity index is 1.60. The zero-order chi connectivity index (χ0) is 27.3. The summed E-state index contributed by atoms with van der Waals surface area (Å²) < 4.78 is 49.7. The van der Waals surface area contributed by atoms with Crippen LogP contribution in [0, 0.1) is 0 Å². The lowest BCUT2D eigenvalue weighted by molar-refractivity contribution is 0.0985. The number of carbonyl (C=O) groups is 1. The normalized spacial score (nSPS) is 13.1. The van der Waals surface area contributed by atoms with Gasteiger partial charge in [-0.2, -0.15) is 4.31 Å². The van der Waals surface area contributed by atoms with E-state index in [1.54, 1.807) is 4.90 Å². The van der Waals surface area contributed by atoms with Crippen molar-refractivity contribution < 1.29 is 32.2 Å². The minimum absolute atomic E-state index is 0.0931. The van der Waals surface area contributed by atoms with Gasteiger partial charge in [-0.15, -0.1) is 0 Å². The highest BCUT2D eigenvalue weighted by Gasteiger charge is 2.26. The van der Waals surface area contributed by atoms with Gasteiger partial charge in [0.2, 0.25) is 16.8 Å². The number of anilines is 1. The predicted molar refractivity (Wildman–Crippen MR) is 145 cm³/mol. The molecule has 0 unspecified atom stereocenters. The van der Waals surface area contributed by atoms with Gasteiger partial charge in [0.05, 0.1) is 28.3 Å². The average molecular weight is 565 g/mol. The molecule has 2 heterocycles. The van der Waals surface area contributed by atoms with Gasteiger partial charge in [-0.05, 0) is 38.4 Å². The van der Waals surface area contributed by atoms with Crippen molar-refractivity contribution in [3.63, 3.8) is 0 Å². The van der Waals surface area contributed by atoms with E-state index in [0.717, 1.165) is 4.70 Å². The Morgan fingerprint density at radius 3 is 2.21 bits per heavy atom. The summed E-state index contributed by atoms with van der Waals surface area (Å²) in [7, 11) is 3.10. The van der Waals surface area contributed by atoms with Crippen molar-refractivity contribution in [3.05, 3.63) is 42.0 Å². The van der Waals surface area contributed by atoms with Crippen molar-refractivity contribution in [3.8, 4) is 11.5 Å². The molecule has 0 spiro atoms. The maximum Gasteiger partial charge on any atom is 0.260 e. The third-order valence-corrected chi connectivity index (χ3v) is 8.90. The number of carbonyl (C=O) groups excluding carboxylic acids is 1. The molecular formula is C25H32N4O7S2. The third kappa shape index (κ3) is 6.25. The maximum absolute atomic E-state index is 13.6. The highest BCUT2D eigenvalue weighted by atomic mass is 32.2. The first kappa shape index (κ1) is 28.2. The summed E-state index contributed by atoms with van der Waals surface area (Å²) in [5.74, 6) is 1.01. The lowest BCUT2D eigenvalue weighted by Crippen LogP contribution is -2.37. The van der Waals surface area contributed by atoms with Crippen LogP contribution in [-0.2, 0) is 19.5 Å². The number of sulfonamides is 1. The first-order valence-corrected chi connectivity index (χ1v) is 14.2. The Labute approximate surface area is 226 Å². The average Bonchev–Trinajstić information content (AvgIpc) is 3.53. The van der Waals surface area contributed by atoms with Crippen LogP contribution in [-0.4, -0.2) is 103 Å². The van der Waals surface area contributed by atoms with Crippen LogP contribution in [0.25, 0.3) is 10.2 Å². The van der Waals surface area contributed by atoms with Crippen LogP contribution < -0.4 is 14.4 Å². The maximum atomic E-state index is 13.6. The number of fused-ring (bicyclic) bond motifs is 2. The molecule has 0 bridgehead atoms. The van der Waals surface area contributed by atoms with Crippen LogP contribution in [0.3, 0.4) is 0 Å². The van der Waals surface area contributed by atoms with Crippen LogP contribution in [0.2, 0.25) is 0 Å². The molecule has 0 N–H and O–H groups in total. The molecule has 0 radical (unpaired) electrons. The first-order chi connectivity index (χ1) is 18.2. The summed E-state index contributed by atoms with van der Waals surface area (Å²) in [6.45, 7) is 2.09. The standard InChI is InChI=1S/C25H32N4O7S2/c1-27(2)9-10-29(25-26-20-15-21-22(36-17-35-21)16-23(20)37-25)24(30)18-5-7-19(8-6-18)38(31,32)28(11-13-33-3)12-14-34-4/h5-8,15-16H,9-14,17H2,1-4H3. The van der Waals surface area contributed by atoms with E-state index in [1.165, 1.54) is 54.1 Å². The highest BCUT2D eigenvalue weighted by molar-refractivity contribution is 7.89. The van der Waals surface area contributed by atoms with E-state index >= 15 is 0 Å². The van der Waals surface area contributed by atoms with E-state index in [0.29, 0.717) is 40.8 Å². The topological polar surface area (TPSA) is 111 Å². The highest BCUT2D eigenvalue weighted by Crippen LogP contribution is 2.40. The smallest absolute Gasteiger partial charge is 0.260 e. The molecule has 2 aromatic carbocycles. The molecule has 13 heteroatoms. The van der Waals surface area contributed by atoms with Crippen LogP contribution in [0.4, 0.5) is 5.13 Å². The van der Waals surface area contributed by atoms with Gasteiger partial charge in [-0.25, -0.2) is 13.4 Å². The Morgan fingerprint density at radius 2 is 1.61 bits per heavy atom. The molecule has 11 nitrogen and oxygen atoms in total. The van der Waals surface area contributed by atoms with Gasteiger partial charge in [0.25, 0.3) is 5.91 Å². The number of methoxy groups -OCH3 is 2. The van der Waals surface area contributed by atoms with Crippen LogP contribution >= 0.6 is 11.3 Å². The molecule has 1 aliphatic rings. The zero-order valence-corrected chi connectivity index (χ0v) is 23.5. The van der Waals surface area contributed by atoms with Crippen molar-refractivity contribution in [1.29, 1.82) is 0 Å². The fourth-order valence-electron chi connectivity index (χ4n) is 3.82. The fourth-order valence-corrected chi connectivity index (χ4v) is 6.23. The van der Waals surface area contributed by atoms with E-state index in [1.807, 2.05) is 31.1 Å². The quantitative estimate of drug-likeness (QED) is 0.309. The molecule has 4 rings (SSSR count). The van der Waals surface area contributed by atoms with Gasteiger partial charge in [-0.3, -0.25) is 9.69 Å². The number of thiazole rings is 1. The number of aromatic nitrogens is 1. The minimum atomic E-state index is -3.80. The number of likely N-dealkylation sites (N-methyl/N-ethyl adjacent to an activating group) is 1. The SMILES string of the molecule is COCCN(CCOC)S(=O)(=O)c1ccc(C(=O)N(CCN(C)C)c2nc3cc4c(cc3s2)OCO4)cc1. The van der Waals surface area contributed by atoms with Crippen molar-refractivity contribution >= 4 is 42.6 Å². The Bertz CT molecular complexity index is 1310. The second kappa shape index (κ2) is 12.4. The summed E-state index contributed by atoms with van der Waals surface area (Å²) in [5.41, 5.74) is 1.07. The lowest BCUT2D eigenvalue weighted by Gasteiger charge is -2.23. The third-order valence-electron chi connectivity index (χ3n) is 5.95. The summed E-state index contributed by atoms with van der Waals surface area (Å²) in [6.07, 6.45) is 0. The summed E-state index contributed by atoms with van der Waals surface area (Å²) >= 11 is 1.39. The molecule has 38 heavy (non-hydrogen) atoms. The number of hydrogen-bond donors (Lipinski definition) is 0. The molecule has 3 aromatic rings. The molecule has 1 aliphatic heterocycles. The number of nitrogens with zero attached hydrogens (tertiary/aromatic N) is 4. The van der Waals surface area contributed by atoms with Gasteiger partial charge in [0.1, 0.15) is 0 Å². The van der Waals surface area contributed by atoms with Crippen LogP contribution in [0.5, 0.6) is 11.5 Å². The molecule has 0 fully saturated rings. The van der Waals surface area contributed by atoms with Gasteiger partial charge in [0.15, 0.2) is 16.6 Å². The molecule has 206 valence electrons. The predicted octanol–water partition coefficient (Wildman–Crippen LogP) is 2.52. The molecule has 0 saturated heterocycles. The number of rotatable bonds is 13. The lowest BCUT2D eigenvalue weighted by atomic mass is 10.2. The van der Waals surface area contributed by atoms with E-state index in [4.69, 9.17) is 23.9 Å². The van der Waals surface area contributed by atoms with E-state index in [-0.39, 0.29) is 43.9 Å². The van der Waals surface area contributed by atoms with Gasteiger partial charge in [-0.1, -0.05) is 11.3 Å². The fraction of sp³-hybridized carbons (Fsp3) is 0.440. The number of benzene rings is 2. The van der Waals surface area contributed by atoms with Gasteiger partial charge < -0.3 is 23.8 Å². The largest absolute Gasteiger partial charge is 0.454 e. The first-order valence-electron chi connectivity index (χ1n) is 12.0. The van der Waals surface area contributed by atoms with Crippen molar-refractivity contribution in [2.75, 3.05) is 79.4 Å². The summed E-state index contributed by atoms with van der Waals surface area (Å²) in [6, 6.07) is 9.66. The van der Waals surface area contributed by atoms with E-state index < -0.39 is 10.0 Å². The summed E-state index contributed by atoms with van der Waals surface area (Å²) in [5, 5.41) is 0.539. The molecule has 0 atom stereocenters. The molecule has 0 aliphatic carbocycles. The van der Waals surface area contributed by atoms with Crippen LogP contribution in [0.1, 0.15) is 10.4 Å².